The predicted octanol–water partition coefficient (Wildman–Crippen LogP) is 4.04. The van der Waals surface area contributed by atoms with E-state index >= 15 is 0 Å². The van der Waals surface area contributed by atoms with Crippen LogP contribution in [-0.2, 0) is 13.2 Å². The van der Waals surface area contributed by atoms with Gasteiger partial charge < -0.3 is 19.9 Å². The molecule has 1 aromatic heterocycles. The normalized spacial score (nSPS) is 10.4. The molecular weight excluding hydrogens is 354 g/mol. The van der Waals surface area contributed by atoms with Gasteiger partial charge in [0.2, 0.25) is 5.88 Å². The molecule has 0 atom stereocenters. The van der Waals surface area contributed by atoms with E-state index in [0.29, 0.717) is 41.2 Å². The molecule has 0 amide bonds. The summed E-state index contributed by atoms with van der Waals surface area (Å²) >= 11 is 5.96. The summed E-state index contributed by atoms with van der Waals surface area (Å²) in [7, 11) is 1.51. The molecule has 0 aliphatic heterocycles. The Hall–Kier alpha value is -2.99. The van der Waals surface area contributed by atoms with Gasteiger partial charge >= 0.3 is 0 Å². The molecule has 7 heteroatoms. The molecule has 0 radical (unpaired) electrons. The Balaban J connectivity index is 1.62. The number of ether oxygens (including phenoxy) is 2. The number of anilines is 1. The highest BCUT2D eigenvalue weighted by molar-refractivity contribution is 6.30. The van der Waals surface area contributed by atoms with Gasteiger partial charge in [0, 0.05) is 17.1 Å². The highest BCUT2D eigenvalue weighted by Gasteiger charge is 2.08. The zero-order chi connectivity index (χ0) is 18.4. The van der Waals surface area contributed by atoms with E-state index in [1.54, 1.807) is 24.5 Å². The van der Waals surface area contributed by atoms with E-state index < -0.39 is 0 Å². The Labute approximate surface area is 156 Å². The number of rotatable bonds is 7. The molecule has 2 aromatic carbocycles. The minimum Gasteiger partial charge on any atom is -0.504 e. The first kappa shape index (κ1) is 17.8. The maximum Gasteiger partial charge on any atom is 0.234 e. The third-order valence-electron chi connectivity index (χ3n) is 3.65. The molecule has 0 spiro atoms. The SMILES string of the molecule is COc1cccc(CNc2cncc(OCc3cccc(Cl)c3)n2)c1O. The Morgan fingerprint density at radius 3 is 2.81 bits per heavy atom. The fraction of sp³-hybridized carbons (Fsp3) is 0.158. The number of nitrogens with zero attached hydrogens (tertiary/aromatic N) is 2. The second kappa shape index (κ2) is 8.40. The smallest absolute Gasteiger partial charge is 0.234 e. The van der Waals surface area contributed by atoms with E-state index in [2.05, 4.69) is 15.3 Å². The van der Waals surface area contributed by atoms with Crippen LogP contribution in [0.25, 0.3) is 0 Å². The lowest BCUT2D eigenvalue weighted by atomic mass is 10.2. The van der Waals surface area contributed by atoms with Crippen molar-refractivity contribution in [1.29, 1.82) is 0 Å². The largest absolute Gasteiger partial charge is 0.504 e. The topological polar surface area (TPSA) is 76.5 Å². The number of hydrogen-bond acceptors (Lipinski definition) is 6. The van der Waals surface area contributed by atoms with Gasteiger partial charge in [-0.05, 0) is 23.8 Å². The van der Waals surface area contributed by atoms with Crippen molar-refractivity contribution in [3.8, 4) is 17.4 Å². The average Bonchev–Trinajstić information content (AvgIpc) is 2.66. The summed E-state index contributed by atoms with van der Waals surface area (Å²) in [4.78, 5) is 8.48. The van der Waals surface area contributed by atoms with Crippen molar-refractivity contribution >= 4 is 17.4 Å². The summed E-state index contributed by atoms with van der Waals surface area (Å²) in [6, 6.07) is 12.7. The van der Waals surface area contributed by atoms with Crippen molar-refractivity contribution in [2.45, 2.75) is 13.2 Å². The van der Waals surface area contributed by atoms with Gasteiger partial charge in [0.15, 0.2) is 11.5 Å². The summed E-state index contributed by atoms with van der Waals surface area (Å²) in [5, 5.41) is 13.9. The molecule has 0 unspecified atom stereocenters. The van der Waals surface area contributed by atoms with E-state index in [1.165, 1.54) is 7.11 Å². The molecule has 3 aromatic rings. The van der Waals surface area contributed by atoms with Crippen LogP contribution in [0.1, 0.15) is 11.1 Å². The zero-order valence-corrected chi connectivity index (χ0v) is 14.9. The minimum absolute atomic E-state index is 0.101. The maximum absolute atomic E-state index is 10.1. The number of halogens is 1. The van der Waals surface area contributed by atoms with E-state index in [-0.39, 0.29) is 5.75 Å². The van der Waals surface area contributed by atoms with Crippen LogP contribution < -0.4 is 14.8 Å². The molecule has 0 saturated carbocycles. The van der Waals surface area contributed by atoms with Crippen LogP contribution in [0.5, 0.6) is 17.4 Å². The van der Waals surface area contributed by atoms with Crippen LogP contribution in [0.3, 0.4) is 0 Å². The molecule has 134 valence electrons. The molecule has 0 bridgehead atoms. The van der Waals surface area contributed by atoms with Gasteiger partial charge in [0.05, 0.1) is 19.5 Å². The molecule has 3 rings (SSSR count). The maximum atomic E-state index is 10.1. The van der Waals surface area contributed by atoms with E-state index in [4.69, 9.17) is 21.1 Å². The molecular formula is C19H18ClN3O3. The number of aromatic nitrogens is 2. The number of nitrogens with one attached hydrogen (secondary N) is 1. The van der Waals surface area contributed by atoms with Crippen molar-refractivity contribution in [2.24, 2.45) is 0 Å². The lowest BCUT2D eigenvalue weighted by Gasteiger charge is -2.11. The van der Waals surface area contributed by atoms with Gasteiger partial charge in [-0.3, -0.25) is 4.98 Å². The number of para-hydroxylation sites is 1. The molecule has 0 aliphatic rings. The molecule has 26 heavy (non-hydrogen) atoms. The number of phenolic OH excluding ortho intramolecular Hbond substituents is 1. The van der Waals surface area contributed by atoms with E-state index in [0.717, 1.165) is 5.56 Å². The van der Waals surface area contributed by atoms with Crippen molar-refractivity contribution < 1.29 is 14.6 Å². The van der Waals surface area contributed by atoms with Gasteiger partial charge in [-0.25, -0.2) is 0 Å². The summed E-state index contributed by atoms with van der Waals surface area (Å²) < 4.78 is 10.8. The van der Waals surface area contributed by atoms with E-state index in [1.807, 2.05) is 30.3 Å². The number of aromatic hydroxyl groups is 1. The Morgan fingerprint density at radius 2 is 2.00 bits per heavy atom. The second-order valence-corrected chi connectivity index (χ2v) is 5.92. The zero-order valence-electron chi connectivity index (χ0n) is 14.1. The third-order valence-corrected chi connectivity index (χ3v) is 3.89. The standard InChI is InChI=1S/C19H18ClN3O3/c1-25-16-7-3-5-14(19(16)24)9-22-17-10-21-11-18(23-17)26-12-13-4-2-6-15(20)8-13/h2-8,10-11,24H,9,12H2,1H3,(H,22,23). The van der Waals surface area contributed by atoms with Crippen molar-refractivity contribution in [3.05, 3.63) is 71.0 Å². The molecule has 1 heterocycles. The first-order valence-electron chi connectivity index (χ1n) is 7.93. The molecule has 0 fully saturated rings. The van der Waals surface area contributed by atoms with Crippen LogP contribution in [0.2, 0.25) is 5.02 Å². The van der Waals surface area contributed by atoms with Crippen molar-refractivity contribution in [1.82, 2.24) is 9.97 Å². The Bertz CT molecular complexity index is 889. The lowest BCUT2D eigenvalue weighted by Crippen LogP contribution is -2.04. The fourth-order valence-corrected chi connectivity index (χ4v) is 2.56. The molecule has 6 nitrogen and oxygen atoms in total. The second-order valence-electron chi connectivity index (χ2n) is 5.48. The van der Waals surface area contributed by atoms with Gasteiger partial charge in [0.1, 0.15) is 12.4 Å². The summed E-state index contributed by atoms with van der Waals surface area (Å²) in [6.45, 7) is 0.713. The van der Waals surface area contributed by atoms with Gasteiger partial charge in [-0.2, -0.15) is 4.98 Å². The summed E-state index contributed by atoms with van der Waals surface area (Å²) in [6.07, 6.45) is 3.13. The quantitative estimate of drug-likeness (QED) is 0.652. The van der Waals surface area contributed by atoms with Gasteiger partial charge in [0.25, 0.3) is 0 Å². The number of phenols is 1. The number of methoxy groups -OCH3 is 1. The van der Waals surface area contributed by atoms with Crippen LogP contribution >= 0.6 is 11.6 Å². The van der Waals surface area contributed by atoms with E-state index in [9.17, 15) is 5.11 Å². The monoisotopic (exact) mass is 371 g/mol. The Kier molecular flexibility index (Phi) is 5.76. The lowest BCUT2D eigenvalue weighted by molar-refractivity contribution is 0.293. The number of benzene rings is 2. The predicted molar refractivity (Wildman–Crippen MR) is 99.8 cm³/mol. The summed E-state index contributed by atoms with van der Waals surface area (Å²) in [5.41, 5.74) is 1.63. The van der Waals surface area contributed by atoms with Crippen LogP contribution in [0.4, 0.5) is 5.82 Å². The van der Waals surface area contributed by atoms with Gasteiger partial charge in [-0.1, -0.05) is 35.9 Å². The van der Waals surface area contributed by atoms with Crippen LogP contribution in [0, 0.1) is 0 Å². The highest BCUT2D eigenvalue weighted by Crippen LogP contribution is 2.29. The fourth-order valence-electron chi connectivity index (χ4n) is 2.35. The first-order valence-corrected chi connectivity index (χ1v) is 8.31. The average molecular weight is 372 g/mol. The van der Waals surface area contributed by atoms with Crippen LogP contribution in [-0.4, -0.2) is 22.2 Å². The van der Waals surface area contributed by atoms with Gasteiger partial charge in [-0.15, -0.1) is 0 Å². The number of hydrogen-bond donors (Lipinski definition) is 2. The first-order chi connectivity index (χ1) is 12.7. The van der Waals surface area contributed by atoms with Crippen molar-refractivity contribution in [2.75, 3.05) is 12.4 Å². The molecule has 0 saturated heterocycles. The molecule has 0 aliphatic carbocycles. The summed E-state index contributed by atoms with van der Waals surface area (Å²) in [5.74, 6) is 1.46. The highest BCUT2D eigenvalue weighted by atomic mass is 35.5. The van der Waals surface area contributed by atoms with Crippen molar-refractivity contribution in [3.63, 3.8) is 0 Å². The van der Waals surface area contributed by atoms with Crippen LogP contribution in [0.15, 0.2) is 54.9 Å². The molecule has 2 N–H and O–H groups in total. The third kappa shape index (κ3) is 4.55. The Morgan fingerprint density at radius 1 is 1.15 bits per heavy atom. The minimum atomic E-state index is 0.101.